The predicted molar refractivity (Wildman–Crippen MR) is 52.9 cm³/mol. The van der Waals surface area contributed by atoms with Gasteiger partial charge in [0.25, 0.3) is 0 Å². The van der Waals surface area contributed by atoms with E-state index in [1.807, 2.05) is 12.1 Å². The van der Waals surface area contributed by atoms with Crippen LogP contribution in [0.15, 0.2) is 24.3 Å². The largest absolute Gasteiger partial charge is 0.115 e. The Morgan fingerprint density at radius 2 is 1.73 bits per heavy atom. The summed E-state index contributed by atoms with van der Waals surface area (Å²) in [4.78, 5) is 0. The molecule has 56 valence electrons. The highest BCUT2D eigenvalue weighted by molar-refractivity contribution is 6.70. The SMILES string of the molecule is C#Cc1ccc([SiH](C)C)cc1. The Kier molecular flexibility index (Phi) is 2.51. The molecule has 1 aromatic rings. The summed E-state index contributed by atoms with van der Waals surface area (Å²) in [6.45, 7) is 4.62. The van der Waals surface area contributed by atoms with Crippen molar-refractivity contribution >= 4 is 14.0 Å². The minimum absolute atomic E-state index is 0.629. The van der Waals surface area contributed by atoms with Gasteiger partial charge in [0.1, 0.15) is 0 Å². The molecule has 0 fully saturated rings. The van der Waals surface area contributed by atoms with Crippen molar-refractivity contribution in [2.75, 3.05) is 0 Å². The number of hydrogen-bond donors (Lipinski definition) is 0. The van der Waals surface area contributed by atoms with E-state index in [9.17, 15) is 0 Å². The second-order valence-electron chi connectivity index (χ2n) is 2.92. The number of terminal acetylenes is 1. The molecule has 0 radical (unpaired) electrons. The van der Waals surface area contributed by atoms with Crippen molar-refractivity contribution in [3.05, 3.63) is 29.8 Å². The molecule has 0 nitrogen and oxygen atoms in total. The fourth-order valence-electron chi connectivity index (χ4n) is 0.964. The van der Waals surface area contributed by atoms with Crippen molar-refractivity contribution in [3.63, 3.8) is 0 Å². The van der Waals surface area contributed by atoms with Gasteiger partial charge in [-0.1, -0.05) is 36.3 Å². The Bertz CT molecular complexity index is 264. The summed E-state index contributed by atoms with van der Waals surface area (Å²) in [6, 6.07) is 8.32. The maximum atomic E-state index is 5.24. The first kappa shape index (κ1) is 8.10. The Hall–Kier alpha value is -1.00. The lowest BCUT2D eigenvalue weighted by Gasteiger charge is -2.01. The van der Waals surface area contributed by atoms with Gasteiger partial charge < -0.3 is 0 Å². The Labute approximate surface area is 69.9 Å². The molecule has 0 aliphatic carbocycles. The van der Waals surface area contributed by atoms with Crippen LogP contribution in [0.2, 0.25) is 13.1 Å². The van der Waals surface area contributed by atoms with E-state index in [0.29, 0.717) is 0 Å². The third kappa shape index (κ3) is 1.96. The fraction of sp³-hybridized carbons (Fsp3) is 0.200. The van der Waals surface area contributed by atoms with Crippen molar-refractivity contribution in [2.24, 2.45) is 0 Å². The molecule has 0 heterocycles. The van der Waals surface area contributed by atoms with Crippen molar-refractivity contribution in [1.29, 1.82) is 0 Å². The standard InChI is InChI=1S/C10H12Si/c1-4-9-5-7-10(8-6-9)11(2)3/h1,5-8,11H,2-3H3. The summed E-state index contributed by atoms with van der Waals surface area (Å²) >= 11 is 0. The molecule has 0 atom stereocenters. The maximum absolute atomic E-state index is 5.24. The van der Waals surface area contributed by atoms with Crippen LogP contribution in [-0.2, 0) is 0 Å². The van der Waals surface area contributed by atoms with E-state index in [1.54, 1.807) is 0 Å². The molecule has 0 saturated heterocycles. The number of hydrogen-bond acceptors (Lipinski definition) is 0. The Morgan fingerprint density at radius 3 is 2.09 bits per heavy atom. The van der Waals surface area contributed by atoms with E-state index in [4.69, 9.17) is 6.42 Å². The number of rotatable bonds is 1. The second-order valence-corrected chi connectivity index (χ2v) is 5.90. The molecule has 0 spiro atoms. The van der Waals surface area contributed by atoms with Crippen molar-refractivity contribution in [3.8, 4) is 12.3 Å². The predicted octanol–water partition coefficient (Wildman–Crippen LogP) is 1.36. The normalized spacial score (nSPS) is 9.64. The minimum Gasteiger partial charge on any atom is -0.115 e. The van der Waals surface area contributed by atoms with Crippen molar-refractivity contribution in [2.45, 2.75) is 13.1 Å². The van der Waals surface area contributed by atoms with Crippen LogP contribution < -0.4 is 5.19 Å². The lowest BCUT2D eigenvalue weighted by Crippen LogP contribution is -2.21. The van der Waals surface area contributed by atoms with Crippen LogP contribution in [-0.4, -0.2) is 8.80 Å². The summed E-state index contributed by atoms with van der Waals surface area (Å²) in [7, 11) is -0.629. The van der Waals surface area contributed by atoms with Crippen molar-refractivity contribution in [1.82, 2.24) is 0 Å². The fourth-order valence-corrected chi connectivity index (χ4v) is 1.93. The molecule has 0 saturated carbocycles. The molecule has 11 heavy (non-hydrogen) atoms. The highest BCUT2D eigenvalue weighted by Crippen LogP contribution is 1.94. The van der Waals surface area contributed by atoms with Crippen LogP contribution in [0.4, 0.5) is 0 Å². The second kappa shape index (κ2) is 3.41. The topological polar surface area (TPSA) is 0 Å². The highest BCUT2D eigenvalue weighted by Gasteiger charge is 1.97. The van der Waals surface area contributed by atoms with Gasteiger partial charge in [-0.05, 0) is 12.1 Å². The first-order valence-electron chi connectivity index (χ1n) is 3.80. The zero-order valence-corrected chi connectivity index (χ0v) is 8.12. The van der Waals surface area contributed by atoms with E-state index < -0.39 is 8.80 Å². The third-order valence-electron chi connectivity index (χ3n) is 1.74. The van der Waals surface area contributed by atoms with E-state index in [-0.39, 0.29) is 0 Å². The van der Waals surface area contributed by atoms with Gasteiger partial charge in [0.15, 0.2) is 0 Å². The van der Waals surface area contributed by atoms with Gasteiger partial charge >= 0.3 is 0 Å². The van der Waals surface area contributed by atoms with Crippen LogP contribution >= 0.6 is 0 Å². The van der Waals surface area contributed by atoms with Crippen LogP contribution in [0.5, 0.6) is 0 Å². The average Bonchev–Trinajstić information content (AvgIpc) is 2.05. The lowest BCUT2D eigenvalue weighted by molar-refractivity contribution is 1.68. The van der Waals surface area contributed by atoms with Gasteiger partial charge in [-0.2, -0.15) is 0 Å². The first-order chi connectivity index (χ1) is 5.24. The smallest absolute Gasteiger partial charge is 0.0647 e. The summed E-state index contributed by atoms with van der Waals surface area (Å²) in [5.74, 6) is 2.61. The monoisotopic (exact) mass is 160 g/mol. The molecule has 1 aromatic carbocycles. The van der Waals surface area contributed by atoms with Crippen LogP contribution in [0, 0.1) is 12.3 Å². The zero-order chi connectivity index (χ0) is 8.27. The van der Waals surface area contributed by atoms with Gasteiger partial charge in [-0.25, -0.2) is 0 Å². The van der Waals surface area contributed by atoms with Crippen molar-refractivity contribution < 1.29 is 0 Å². The molecule has 0 aliphatic heterocycles. The van der Waals surface area contributed by atoms with Gasteiger partial charge in [-0.15, -0.1) is 6.42 Å². The van der Waals surface area contributed by atoms with Crippen LogP contribution in [0.3, 0.4) is 0 Å². The molecule has 1 rings (SSSR count). The molecular formula is C10H12Si. The van der Waals surface area contributed by atoms with E-state index in [2.05, 4.69) is 31.1 Å². The van der Waals surface area contributed by atoms with Gasteiger partial charge in [-0.3, -0.25) is 0 Å². The van der Waals surface area contributed by atoms with E-state index in [1.165, 1.54) is 5.19 Å². The minimum atomic E-state index is -0.629. The molecular weight excluding hydrogens is 148 g/mol. The highest BCUT2D eigenvalue weighted by atomic mass is 28.3. The number of benzene rings is 1. The summed E-state index contributed by atoms with van der Waals surface area (Å²) < 4.78 is 0. The average molecular weight is 160 g/mol. The van der Waals surface area contributed by atoms with Gasteiger partial charge in [0, 0.05) is 5.56 Å². The third-order valence-corrected chi connectivity index (χ3v) is 3.46. The molecule has 1 heteroatoms. The van der Waals surface area contributed by atoms with Gasteiger partial charge in [0.05, 0.1) is 8.80 Å². The quantitative estimate of drug-likeness (QED) is 0.430. The Morgan fingerprint density at radius 1 is 1.18 bits per heavy atom. The zero-order valence-electron chi connectivity index (χ0n) is 6.96. The maximum Gasteiger partial charge on any atom is 0.0647 e. The van der Waals surface area contributed by atoms with Gasteiger partial charge in [0.2, 0.25) is 0 Å². The summed E-state index contributed by atoms with van der Waals surface area (Å²) in [5, 5.41) is 1.48. The summed E-state index contributed by atoms with van der Waals surface area (Å²) in [6.07, 6.45) is 5.24. The van der Waals surface area contributed by atoms with Crippen LogP contribution in [0.25, 0.3) is 0 Å². The van der Waals surface area contributed by atoms with E-state index >= 15 is 0 Å². The first-order valence-corrected chi connectivity index (χ1v) is 6.69. The molecule has 0 aromatic heterocycles. The molecule has 0 N–H and O–H groups in total. The van der Waals surface area contributed by atoms with E-state index in [0.717, 1.165) is 5.56 Å². The molecule has 0 bridgehead atoms. The Balaban J connectivity index is 2.94. The summed E-state index contributed by atoms with van der Waals surface area (Å²) in [5.41, 5.74) is 0.975. The van der Waals surface area contributed by atoms with Crippen LogP contribution in [0.1, 0.15) is 5.56 Å². The molecule has 0 unspecified atom stereocenters. The molecule has 0 aliphatic rings. The molecule has 0 amide bonds. The lowest BCUT2D eigenvalue weighted by atomic mass is 10.2.